The number of aryl methyl sites for hydroxylation is 1. The highest BCUT2D eigenvalue weighted by Crippen LogP contribution is 2.30. The van der Waals surface area contributed by atoms with Gasteiger partial charge in [-0.25, -0.2) is 4.98 Å². The minimum absolute atomic E-state index is 0.190. The number of carbonyl (C=O) groups excluding carboxylic acids is 1. The monoisotopic (exact) mass is 362 g/mol. The van der Waals surface area contributed by atoms with Crippen molar-refractivity contribution < 1.29 is 17.8 Å². The van der Waals surface area contributed by atoms with Crippen molar-refractivity contribution >= 4 is 42.7 Å². The maximum Gasteiger partial charge on any atom is 0.281 e. The molecule has 0 fully saturated rings. The number of thiazole rings is 1. The Morgan fingerprint density at radius 1 is 1.17 bits per heavy atom. The van der Waals surface area contributed by atoms with Crippen LogP contribution < -0.4 is 5.32 Å². The molecule has 0 aliphatic rings. The molecule has 0 saturated heterocycles. The number of nitrogens with one attached hydrogen (secondary N) is 1. The first-order valence-electron chi connectivity index (χ1n) is 7.04. The van der Waals surface area contributed by atoms with Crippen molar-refractivity contribution in [1.82, 2.24) is 4.98 Å². The molecule has 1 amide bonds. The van der Waals surface area contributed by atoms with E-state index in [-0.39, 0.29) is 10.7 Å². The molecule has 1 unspecified atom stereocenters. The molecule has 6 nitrogen and oxygen atoms in total. The summed E-state index contributed by atoms with van der Waals surface area (Å²) in [6.45, 7) is 1.90. The van der Waals surface area contributed by atoms with Crippen LogP contribution in [0, 0.1) is 6.92 Å². The van der Waals surface area contributed by atoms with Crippen molar-refractivity contribution in [3.63, 3.8) is 0 Å². The normalized spacial score (nSPS) is 12.9. The van der Waals surface area contributed by atoms with Gasteiger partial charge in [0.15, 0.2) is 10.4 Å². The van der Waals surface area contributed by atoms with E-state index in [0.29, 0.717) is 0 Å². The van der Waals surface area contributed by atoms with E-state index in [4.69, 9.17) is 0 Å². The predicted octanol–water partition coefficient (Wildman–Crippen LogP) is 3.17. The summed E-state index contributed by atoms with van der Waals surface area (Å²) < 4.78 is 33.7. The zero-order valence-electron chi connectivity index (χ0n) is 12.6. The summed E-state index contributed by atoms with van der Waals surface area (Å²) in [5.41, 5.74) is 1.90. The standard InChI is InChI=1S/C16H14N2O4S2/c1-10-6-5-9-12-13(10)17-16(23-12)18-15(19)14(24(20,21)22)11-7-3-2-4-8-11/h2-9,14H,1H3,(H,17,18,19)(H,20,21,22). The molecule has 0 radical (unpaired) electrons. The van der Waals surface area contributed by atoms with E-state index >= 15 is 0 Å². The van der Waals surface area contributed by atoms with Gasteiger partial charge in [0, 0.05) is 0 Å². The molecule has 2 aromatic carbocycles. The second-order valence-corrected chi connectivity index (χ2v) is 7.77. The highest BCUT2D eigenvalue weighted by molar-refractivity contribution is 7.86. The van der Waals surface area contributed by atoms with Crippen molar-refractivity contribution in [3.8, 4) is 0 Å². The summed E-state index contributed by atoms with van der Waals surface area (Å²) in [5, 5.41) is 1.08. The van der Waals surface area contributed by atoms with Crippen LogP contribution >= 0.6 is 11.3 Å². The van der Waals surface area contributed by atoms with Crippen LogP contribution in [0.2, 0.25) is 0 Å². The van der Waals surface area contributed by atoms with E-state index in [1.165, 1.54) is 23.5 Å². The fourth-order valence-corrected chi connectivity index (χ4v) is 4.17. The minimum atomic E-state index is -4.61. The molecule has 1 heterocycles. The second-order valence-electron chi connectivity index (χ2n) is 5.24. The van der Waals surface area contributed by atoms with Crippen LogP contribution in [0.3, 0.4) is 0 Å². The van der Waals surface area contributed by atoms with E-state index < -0.39 is 21.3 Å². The average Bonchev–Trinajstić information content (AvgIpc) is 2.91. The number of benzene rings is 2. The third kappa shape index (κ3) is 3.30. The molecule has 0 bridgehead atoms. The van der Waals surface area contributed by atoms with Gasteiger partial charge in [-0.05, 0) is 24.1 Å². The lowest BCUT2D eigenvalue weighted by atomic mass is 10.1. The Hall–Kier alpha value is -2.29. The van der Waals surface area contributed by atoms with E-state index in [1.54, 1.807) is 18.2 Å². The van der Waals surface area contributed by atoms with Gasteiger partial charge in [0.05, 0.1) is 10.2 Å². The lowest BCUT2D eigenvalue weighted by Gasteiger charge is -2.13. The van der Waals surface area contributed by atoms with Gasteiger partial charge in [-0.15, -0.1) is 0 Å². The Labute approximate surface area is 142 Å². The van der Waals surface area contributed by atoms with Crippen molar-refractivity contribution in [1.29, 1.82) is 0 Å². The third-order valence-electron chi connectivity index (χ3n) is 3.49. The summed E-state index contributed by atoms with van der Waals surface area (Å²) in [6, 6.07) is 13.5. The molecule has 3 rings (SSSR count). The van der Waals surface area contributed by atoms with Crippen LogP contribution in [0.15, 0.2) is 48.5 Å². The highest BCUT2D eigenvalue weighted by Gasteiger charge is 2.33. The predicted molar refractivity (Wildman–Crippen MR) is 93.7 cm³/mol. The van der Waals surface area contributed by atoms with Crippen LogP contribution in [0.25, 0.3) is 10.2 Å². The average molecular weight is 362 g/mol. The molecule has 0 aliphatic heterocycles. The van der Waals surface area contributed by atoms with Crippen LogP contribution in [0.1, 0.15) is 16.4 Å². The maximum absolute atomic E-state index is 12.4. The zero-order chi connectivity index (χ0) is 17.3. The van der Waals surface area contributed by atoms with Crippen LogP contribution in [-0.4, -0.2) is 23.9 Å². The van der Waals surface area contributed by atoms with Crippen molar-refractivity contribution in [2.24, 2.45) is 0 Å². The Balaban J connectivity index is 1.95. The SMILES string of the molecule is Cc1cccc2sc(NC(=O)C(c3ccccc3)S(=O)(=O)O)nc12. The fraction of sp³-hybridized carbons (Fsp3) is 0.125. The van der Waals surface area contributed by atoms with Crippen LogP contribution in [0.5, 0.6) is 0 Å². The Bertz CT molecular complexity index is 997. The molecule has 124 valence electrons. The lowest BCUT2D eigenvalue weighted by molar-refractivity contribution is -0.116. The van der Waals surface area contributed by atoms with Gasteiger partial charge >= 0.3 is 0 Å². The summed E-state index contributed by atoms with van der Waals surface area (Å²) in [4.78, 5) is 16.8. The molecule has 1 aromatic heterocycles. The molecule has 0 spiro atoms. The molecular weight excluding hydrogens is 348 g/mol. The number of carbonyl (C=O) groups is 1. The Kier molecular flexibility index (Phi) is 4.35. The Morgan fingerprint density at radius 3 is 2.50 bits per heavy atom. The topological polar surface area (TPSA) is 96.4 Å². The molecule has 0 saturated carbocycles. The van der Waals surface area contributed by atoms with Gasteiger partial charge < -0.3 is 5.32 Å². The minimum Gasteiger partial charge on any atom is -0.300 e. The maximum atomic E-state index is 12.4. The number of aromatic nitrogens is 1. The summed E-state index contributed by atoms with van der Waals surface area (Å²) >= 11 is 1.24. The number of anilines is 1. The number of nitrogens with zero attached hydrogens (tertiary/aromatic N) is 1. The molecule has 0 aliphatic carbocycles. The van der Waals surface area contributed by atoms with Gasteiger partial charge in [-0.3, -0.25) is 9.35 Å². The molecular formula is C16H14N2O4S2. The quantitative estimate of drug-likeness (QED) is 0.695. The molecule has 2 N–H and O–H groups in total. The summed E-state index contributed by atoms with van der Waals surface area (Å²) in [6.07, 6.45) is 0. The van der Waals surface area contributed by atoms with Gasteiger partial charge in [0.2, 0.25) is 0 Å². The van der Waals surface area contributed by atoms with E-state index in [2.05, 4.69) is 10.3 Å². The summed E-state index contributed by atoms with van der Waals surface area (Å²) in [7, 11) is -4.61. The number of amides is 1. The van der Waals surface area contributed by atoms with E-state index in [9.17, 15) is 17.8 Å². The van der Waals surface area contributed by atoms with Crippen molar-refractivity contribution in [2.75, 3.05) is 5.32 Å². The number of rotatable bonds is 4. The van der Waals surface area contributed by atoms with E-state index in [1.807, 2.05) is 25.1 Å². The largest absolute Gasteiger partial charge is 0.300 e. The van der Waals surface area contributed by atoms with Crippen molar-refractivity contribution in [3.05, 3.63) is 59.7 Å². The van der Waals surface area contributed by atoms with Crippen molar-refractivity contribution in [2.45, 2.75) is 12.2 Å². The zero-order valence-corrected chi connectivity index (χ0v) is 14.3. The first-order chi connectivity index (χ1) is 11.4. The fourth-order valence-electron chi connectivity index (χ4n) is 2.40. The number of fused-ring (bicyclic) bond motifs is 1. The molecule has 1 atom stereocenters. The van der Waals surface area contributed by atoms with Gasteiger partial charge in [0.25, 0.3) is 16.0 Å². The molecule has 24 heavy (non-hydrogen) atoms. The van der Waals surface area contributed by atoms with Crippen LogP contribution in [-0.2, 0) is 14.9 Å². The lowest BCUT2D eigenvalue weighted by Crippen LogP contribution is -2.27. The Morgan fingerprint density at radius 2 is 1.88 bits per heavy atom. The highest BCUT2D eigenvalue weighted by atomic mass is 32.2. The van der Waals surface area contributed by atoms with Gasteiger partial charge in [-0.2, -0.15) is 8.42 Å². The summed E-state index contributed by atoms with van der Waals surface area (Å²) in [5.74, 6) is -0.847. The van der Waals surface area contributed by atoms with Crippen LogP contribution in [0.4, 0.5) is 5.13 Å². The second kappa shape index (κ2) is 6.31. The van der Waals surface area contributed by atoms with Gasteiger partial charge in [-0.1, -0.05) is 53.8 Å². The first kappa shape index (κ1) is 16.6. The van der Waals surface area contributed by atoms with E-state index in [0.717, 1.165) is 15.8 Å². The number of para-hydroxylation sites is 1. The third-order valence-corrected chi connectivity index (χ3v) is 5.51. The molecule has 8 heteroatoms. The smallest absolute Gasteiger partial charge is 0.281 e. The number of hydrogen-bond acceptors (Lipinski definition) is 5. The van der Waals surface area contributed by atoms with Gasteiger partial charge in [0.1, 0.15) is 0 Å². The molecule has 3 aromatic rings. The first-order valence-corrected chi connectivity index (χ1v) is 9.36. The number of hydrogen-bond donors (Lipinski definition) is 2.